The number of aromatic nitrogens is 4. The number of aryl methyl sites for hydroxylation is 1. The molecule has 8 heteroatoms. The first-order chi connectivity index (χ1) is 13.0. The smallest absolute Gasteiger partial charge is 0.225 e. The Balaban J connectivity index is 1.38. The topological polar surface area (TPSA) is 116 Å². The molecule has 2 atom stereocenters. The van der Waals surface area contributed by atoms with E-state index in [0.29, 0.717) is 41.0 Å². The van der Waals surface area contributed by atoms with Crippen molar-refractivity contribution in [2.75, 3.05) is 10.6 Å². The standard InChI is InChI=1S/C19H24N6O2/c1-10-2-16(25-24-10)21-15-5-14(9-26)20-18(22-15)23-17-12-3-11-4-13(17)8-19(27,6-11)7-12/h2,5,9,11-13,17,27H,3-4,6-8H2,1H3,(H3,20,21,22,23,24,25). The number of nitrogens with one attached hydrogen (secondary N) is 3. The zero-order valence-corrected chi connectivity index (χ0v) is 15.3. The summed E-state index contributed by atoms with van der Waals surface area (Å²) in [6.45, 7) is 1.92. The number of hydrogen-bond donors (Lipinski definition) is 4. The Morgan fingerprint density at radius 2 is 1.96 bits per heavy atom. The maximum absolute atomic E-state index is 11.3. The van der Waals surface area contributed by atoms with E-state index in [2.05, 4.69) is 30.8 Å². The van der Waals surface area contributed by atoms with Crippen LogP contribution in [-0.4, -0.2) is 43.2 Å². The van der Waals surface area contributed by atoms with E-state index in [1.165, 1.54) is 0 Å². The van der Waals surface area contributed by atoms with E-state index >= 15 is 0 Å². The van der Waals surface area contributed by atoms with Crippen LogP contribution in [0.15, 0.2) is 12.1 Å². The maximum atomic E-state index is 11.3. The van der Waals surface area contributed by atoms with Crippen LogP contribution in [0.2, 0.25) is 0 Å². The third-order valence-electron chi connectivity index (χ3n) is 6.37. The van der Waals surface area contributed by atoms with Crippen LogP contribution in [0.4, 0.5) is 17.6 Å². The van der Waals surface area contributed by atoms with Crippen LogP contribution < -0.4 is 10.6 Å². The highest BCUT2D eigenvalue weighted by molar-refractivity contribution is 5.74. The Kier molecular flexibility index (Phi) is 3.72. The molecule has 8 nitrogen and oxygen atoms in total. The Morgan fingerprint density at radius 3 is 2.59 bits per heavy atom. The van der Waals surface area contributed by atoms with Crippen LogP contribution in [0.3, 0.4) is 0 Å². The number of aromatic amines is 1. The lowest BCUT2D eigenvalue weighted by Crippen LogP contribution is -2.59. The van der Waals surface area contributed by atoms with Gasteiger partial charge < -0.3 is 15.7 Å². The van der Waals surface area contributed by atoms with Crippen molar-refractivity contribution in [2.45, 2.75) is 50.7 Å². The summed E-state index contributed by atoms with van der Waals surface area (Å²) < 4.78 is 0. The fourth-order valence-corrected chi connectivity index (χ4v) is 5.63. The average Bonchev–Trinajstić information content (AvgIpc) is 3.01. The van der Waals surface area contributed by atoms with Crippen LogP contribution >= 0.6 is 0 Å². The van der Waals surface area contributed by atoms with E-state index in [9.17, 15) is 9.90 Å². The summed E-state index contributed by atoms with van der Waals surface area (Å²) in [5.74, 6) is 3.16. The van der Waals surface area contributed by atoms with Crippen LogP contribution in [0.1, 0.15) is 48.3 Å². The number of rotatable bonds is 5. The van der Waals surface area contributed by atoms with Gasteiger partial charge in [-0.2, -0.15) is 10.1 Å². The minimum atomic E-state index is -0.468. The molecule has 4 bridgehead atoms. The van der Waals surface area contributed by atoms with Crippen molar-refractivity contribution in [3.8, 4) is 0 Å². The maximum Gasteiger partial charge on any atom is 0.225 e. The molecule has 6 rings (SSSR count). The second-order valence-electron chi connectivity index (χ2n) is 8.55. The van der Waals surface area contributed by atoms with Crippen LogP contribution in [0.25, 0.3) is 0 Å². The number of hydrogen-bond acceptors (Lipinski definition) is 7. The number of aliphatic hydroxyl groups is 1. The number of anilines is 3. The lowest BCUT2D eigenvalue weighted by atomic mass is 9.52. The molecule has 0 aliphatic heterocycles. The van der Waals surface area contributed by atoms with Gasteiger partial charge in [-0.05, 0) is 56.8 Å². The number of carbonyl (C=O) groups is 1. The normalized spacial score (nSPS) is 33.9. The van der Waals surface area contributed by atoms with Gasteiger partial charge in [-0.3, -0.25) is 9.89 Å². The summed E-state index contributed by atoms with van der Waals surface area (Å²) in [5.41, 5.74) is 0.793. The van der Waals surface area contributed by atoms with Gasteiger partial charge in [0.2, 0.25) is 5.95 Å². The van der Waals surface area contributed by atoms with Crippen LogP contribution in [0, 0.1) is 24.7 Å². The number of H-pyrrole nitrogens is 1. The van der Waals surface area contributed by atoms with E-state index in [0.717, 1.165) is 44.1 Å². The highest BCUT2D eigenvalue weighted by atomic mass is 16.3. The highest BCUT2D eigenvalue weighted by Gasteiger charge is 2.54. The summed E-state index contributed by atoms with van der Waals surface area (Å²) in [7, 11) is 0. The molecule has 0 saturated heterocycles. The van der Waals surface area contributed by atoms with E-state index in [1.54, 1.807) is 6.07 Å². The van der Waals surface area contributed by atoms with Crippen molar-refractivity contribution in [1.82, 2.24) is 20.2 Å². The van der Waals surface area contributed by atoms with Crippen molar-refractivity contribution < 1.29 is 9.90 Å². The molecule has 2 unspecified atom stereocenters. The monoisotopic (exact) mass is 368 g/mol. The van der Waals surface area contributed by atoms with Gasteiger partial charge in [-0.15, -0.1) is 0 Å². The molecule has 0 aromatic carbocycles. The van der Waals surface area contributed by atoms with Crippen LogP contribution in [-0.2, 0) is 0 Å². The minimum absolute atomic E-state index is 0.254. The van der Waals surface area contributed by atoms with Gasteiger partial charge >= 0.3 is 0 Å². The first-order valence-electron chi connectivity index (χ1n) is 9.62. The summed E-state index contributed by atoms with van der Waals surface area (Å²) in [5, 5.41) is 24.4. The Labute approximate surface area is 157 Å². The molecular formula is C19H24N6O2. The molecule has 2 aromatic heterocycles. The van der Waals surface area contributed by atoms with E-state index in [4.69, 9.17) is 0 Å². The van der Waals surface area contributed by atoms with Gasteiger partial charge in [0.25, 0.3) is 0 Å². The SMILES string of the molecule is Cc1cc(Nc2cc(C=O)nc(NC3C4CC5CC3CC(O)(C5)C4)n2)n[nH]1. The third-order valence-corrected chi connectivity index (χ3v) is 6.37. The first kappa shape index (κ1) is 16.7. The summed E-state index contributed by atoms with van der Waals surface area (Å²) >= 11 is 0. The molecular weight excluding hydrogens is 344 g/mol. The number of carbonyl (C=O) groups excluding carboxylic acids is 1. The third kappa shape index (κ3) is 3.07. The summed E-state index contributed by atoms with van der Waals surface area (Å²) in [6.07, 6.45) is 5.70. The van der Waals surface area contributed by atoms with Crippen molar-refractivity contribution in [2.24, 2.45) is 17.8 Å². The van der Waals surface area contributed by atoms with E-state index in [1.807, 2.05) is 13.0 Å². The molecule has 2 aromatic rings. The van der Waals surface area contributed by atoms with Gasteiger partial charge in [-0.25, -0.2) is 4.98 Å². The number of aldehydes is 1. The summed E-state index contributed by atoms with van der Waals surface area (Å²) in [4.78, 5) is 20.2. The molecule has 4 saturated carbocycles. The fourth-order valence-electron chi connectivity index (χ4n) is 5.63. The lowest BCUT2D eigenvalue weighted by Gasteiger charge is -2.58. The fraction of sp³-hybridized carbons (Fsp3) is 0.579. The Hall–Kier alpha value is -2.48. The first-order valence-corrected chi connectivity index (χ1v) is 9.62. The lowest BCUT2D eigenvalue weighted by molar-refractivity contribution is -0.129. The molecule has 0 radical (unpaired) electrons. The summed E-state index contributed by atoms with van der Waals surface area (Å²) in [6, 6.07) is 3.74. The van der Waals surface area contributed by atoms with Crippen molar-refractivity contribution in [3.63, 3.8) is 0 Å². The molecule has 4 aliphatic rings. The average molecular weight is 368 g/mol. The number of nitrogens with zero attached hydrogens (tertiary/aromatic N) is 3. The molecule has 142 valence electrons. The van der Waals surface area contributed by atoms with E-state index in [-0.39, 0.29) is 6.04 Å². The van der Waals surface area contributed by atoms with Gasteiger partial charge in [0, 0.05) is 23.9 Å². The molecule has 4 aliphatic carbocycles. The quantitative estimate of drug-likeness (QED) is 0.599. The zero-order chi connectivity index (χ0) is 18.6. The predicted octanol–water partition coefficient (Wildman–Crippen LogP) is 2.42. The molecule has 4 N–H and O–H groups in total. The molecule has 4 fully saturated rings. The minimum Gasteiger partial charge on any atom is -0.390 e. The second kappa shape index (κ2) is 6.02. The molecule has 27 heavy (non-hydrogen) atoms. The second-order valence-corrected chi connectivity index (χ2v) is 8.55. The Bertz CT molecular complexity index is 865. The van der Waals surface area contributed by atoms with Gasteiger partial charge in [0.1, 0.15) is 11.5 Å². The van der Waals surface area contributed by atoms with Gasteiger partial charge in [0.05, 0.1) is 5.60 Å². The predicted molar refractivity (Wildman–Crippen MR) is 99.9 cm³/mol. The highest BCUT2D eigenvalue weighted by Crippen LogP contribution is 2.56. The van der Waals surface area contributed by atoms with Crippen molar-refractivity contribution in [3.05, 3.63) is 23.5 Å². The molecule has 0 amide bonds. The zero-order valence-electron chi connectivity index (χ0n) is 15.3. The van der Waals surface area contributed by atoms with E-state index < -0.39 is 5.60 Å². The van der Waals surface area contributed by atoms with Crippen molar-refractivity contribution in [1.29, 1.82) is 0 Å². The largest absolute Gasteiger partial charge is 0.390 e. The van der Waals surface area contributed by atoms with Crippen molar-refractivity contribution >= 4 is 23.9 Å². The van der Waals surface area contributed by atoms with Gasteiger partial charge in [0.15, 0.2) is 12.1 Å². The molecule has 0 spiro atoms. The van der Waals surface area contributed by atoms with Gasteiger partial charge in [-0.1, -0.05) is 0 Å². The Morgan fingerprint density at radius 1 is 1.19 bits per heavy atom. The molecule has 2 heterocycles. The van der Waals surface area contributed by atoms with Crippen LogP contribution in [0.5, 0.6) is 0 Å².